The molecule has 4 rings (SSSR count). The van der Waals surface area contributed by atoms with Crippen molar-refractivity contribution >= 4 is 28.6 Å². The Hall–Kier alpha value is -2.97. The molecule has 1 aromatic heterocycles. The number of benzene rings is 1. The number of ether oxygens (including phenoxy) is 1. The second-order valence-electron chi connectivity index (χ2n) is 6.47. The van der Waals surface area contributed by atoms with E-state index < -0.39 is 5.66 Å². The molecule has 0 unspecified atom stereocenters. The van der Waals surface area contributed by atoms with Gasteiger partial charge in [-0.05, 0) is 31.7 Å². The topological polar surface area (TPSA) is 138 Å². The molecule has 25 heavy (non-hydrogen) atoms. The third-order valence-electron chi connectivity index (χ3n) is 4.91. The highest BCUT2D eigenvalue weighted by molar-refractivity contribution is 6.07. The maximum absolute atomic E-state index is 11.6. The summed E-state index contributed by atoms with van der Waals surface area (Å²) in [7, 11) is 1.58. The van der Waals surface area contributed by atoms with Crippen molar-refractivity contribution in [3.8, 4) is 5.75 Å². The number of nitrogens with one attached hydrogen (secondary N) is 2. The lowest BCUT2D eigenvalue weighted by Crippen LogP contribution is -2.58. The molecule has 0 bridgehead atoms. The minimum atomic E-state index is -0.564. The number of anilines is 1. The number of H-pyrrole nitrogens is 2. The summed E-state index contributed by atoms with van der Waals surface area (Å²) < 4.78 is 5.56. The summed E-state index contributed by atoms with van der Waals surface area (Å²) in [5.41, 5.74) is 13.4. The Bertz CT molecular complexity index is 934. The van der Waals surface area contributed by atoms with Gasteiger partial charge in [-0.15, -0.1) is 0 Å². The average molecular weight is 343 g/mol. The van der Waals surface area contributed by atoms with Crippen LogP contribution in [0.4, 0.5) is 5.69 Å². The highest BCUT2D eigenvalue weighted by atomic mass is 16.5. The predicted octanol–water partition coefficient (Wildman–Crippen LogP) is 0.975. The Labute approximate surface area is 143 Å². The normalized spacial score (nSPS) is 19.8. The van der Waals surface area contributed by atoms with E-state index in [-0.39, 0.29) is 17.6 Å². The van der Waals surface area contributed by atoms with Crippen LogP contribution in [0.5, 0.6) is 5.75 Å². The molecule has 132 valence electrons. The van der Waals surface area contributed by atoms with E-state index in [4.69, 9.17) is 16.2 Å². The van der Waals surface area contributed by atoms with Crippen molar-refractivity contribution in [2.75, 3.05) is 12.0 Å². The van der Waals surface area contributed by atoms with Crippen LogP contribution in [0.25, 0.3) is 11.0 Å². The minimum Gasteiger partial charge on any atom is -0.494 e. The van der Waals surface area contributed by atoms with Crippen molar-refractivity contribution in [1.29, 1.82) is 0 Å². The first-order valence-corrected chi connectivity index (χ1v) is 8.32. The van der Waals surface area contributed by atoms with Crippen LogP contribution in [0, 0.1) is 0 Å². The Morgan fingerprint density at radius 1 is 1.16 bits per heavy atom. The Kier molecular flexibility index (Phi) is 3.45. The third-order valence-corrected chi connectivity index (χ3v) is 4.91. The van der Waals surface area contributed by atoms with Gasteiger partial charge in [-0.2, -0.15) is 4.99 Å². The van der Waals surface area contributed by atoms with Gasteiger partial charge in [0.15, 0.2) is 0 Å². The zero-order valence-electron chi connectivity index (χ0n) is 14.0. The number of aliphatic imine (C=N–C) groups is 2. The SMILES string of the molecule is COc1cc2[nH]c(=O)[nH]c2cc1N1C(N)=NC(N)=NC12CCCCC2. The fourth-order valence-corrected chi connectivity index (χ4v) is 3.86. The summed E-state index contributed by atoms with van der Waals surface area (Å²) in [6.45, 7) is 0. The number of aromatic nitrogens is 2. The van der Waals surface area contributed by atoms with E-state index >= 15 is 0 Å². The van der Waals surface area contributed by atoms with Crippen LogP contribution in [0.1, 0.15) is 32.1 Å². The third kappa shape index (κ3) is 2.43. The van der Waals surface area contributed by atoms with Gasteiger partial charge < -0.3 is 26.2 Å². The number of rotatable bonds is 2. The molecule has 1 aliphatic carbocycles. The lowest BCUT2D eigenvalue weighted by Gasteiger charge is -2.45. The van der Waals surface area contributed by atoms with Crippen LogP contribution in [-0.2, 0) is 0 Å². The van der Waals surface area contributed by atoms with Crippen LogP contribution in [0.2, 0.25) is 0 Å². The second-order valence-corrected chi connectivity index (χ2v) is 6.47. The number of nitrogens with two attached hydrogens (primary N) is 2. The molecule has 1 fully saturated rings. The van der Waals surface area contributed by atoms with Gasteiger partial charge in [0.1, 0.15) is 11.4 Å². The van der Waals surface area contributed by atoms with Crippen LogP contribution in [-0.4, -0.2) is 34.7 Å². The number of hydrogen-bond acceptors (Lipinski definition) is 7. The summed E-state index contributed by atoms with van der Waals surface area (Å²) in [6.07, 6.45) is 4.88. The van der Waals surface area contributed by atoms with Crippen molar-refractivity contribution < 1.29 is 4.74 Å². The quantitative estimate of drug-likeness (QED) is 0.644. The molecule has 1 aliphatic heterocycles. The van der Waals surface area contributed by atoms with Crippen LogP contribution in [0.15, 0.2) is 26.9 Å². The molecule has 0 atom stereocenters. The minimum absolute atomic E-state index is 0.200. The molecule has 6 N–H and O–H groups in total. The molecule has 2 aromatic rings. The summed E-state index contributed by atoms with van der Waals surface area (Å²) in [4.78, 5) is 27.8. The van der Waals surface area contributed by atoms with Gasteiger partial charge >= 0.3 is 5.69 Å². The number of aromatic amines is 2. The number of nitrogens with zero attached hydrogens (tertiary/aromatic N) is 3. The van der Waals surface area contributed by atoms with Crippen molar-refractivity contribution in [3.63, 3.8) is 0 Å². The first kappa shape index (κ1) is 15.6. The number of fused-ring (bicyclic) bond motifs is 1. The Morgan fingerprint density at radius 3 is 2.52 bits per heavy atom. The van der Waals surface area contributed by atoms with Gasteiger partial charge in [0.2, 0.25) is 11.9 Å². The van der Waals surface area contributed by atoms with E-state index in [1.807, 2.05) is 11.0 Å². The summed E-state index contributed by atoms with van der Waals surface area (Å²) >= 11 is 0. The van der Waals surface area contributed by atoms with Crippen LogP contribution in [0.3, 0.4) is 0 Å². The second kappa shape index (κ2) is 5.54. The van der Waals surface area contributed by atoms with Gasteiger partial charge in [0.25, 0.3) is 0 Å². The van der Waals surface area contributed by atoms with Crippen LogP contribution >= 0.6 is 0 Å². The molecular formula is C16H21N7O2. The average Bonchev–Trinajstić information content (AvgIpc) is 2.93. The summed E-state index contributed by atoms with van der Waals surface area (Å²) in [5, 5.41) is 0. The molecule has 1 saturated carbocycles. The van der Waals surface area contributed by atoms with E-state index in [0.717, 1.165) is 32.1 Å². The Balaban J connectivity index is 1.92. The fourth-order valence-electron chi connectivity index (χ4n) is 3.86. The van der Waals surface area contributed by atoms with Gasteiger partial charge in [-0.3, -0.25) is 4.90 Å². The Morgan fingerprint density at radius 2 is 1.84 bits per heavy atom. The van der Waals surface area contributed by atoms with Crippen molar-refractivity contribution in [1.82, 2.24) is 9.97 Å². The monoisotopic (exact) mass is 343 g/mol. The van der Waals surface area contributed by atoms with Crippen molar-refractivity contribution in [2.45, 2.75) is 37.8 Å². The molecule has 9 nitrogen and oxygen atoms in total. The molecule has 9 heteroatoms. The zero-order chi connectivity index (χ0) is 17.6. The molecule has 0 saturated heterocycles. The lowest BCUT2D eigenvalue weighted by atomic mass is 9.87. The largest absolute Gasteiger partial charge is 0.494 e. The molecule has 2 heterocycles. The van der Waals surface area contributed by atoms with E-state index in [1.54, 1.807) is 13.2 Å². The van der Waals surface area contributed by atoms with E-state index in [0.29, 0.717) is 22.5 Å². The number of hydrogen-bond donors (Lipinski definition) is 4. The zero-order valence-corrected chi connectivity index (χ0v) is 14.0. The highest BCUT2D eigenvalue weighted by Gasteiger charge is 2.43. The number of imidazole rings is 1. The first-order chi connectivity index (χ1) is 12.0. The first-order valence-electron chi connectivity index (χ1n) is 8.32. The van der Waals surface area contributed by atoms with Gasteiger partial charge in [0, 0.05) is 6.07 Å². The summed E-state index contributed by atoms with van der Waals surface area (Å²) in [5.74, 6) is 1.07. The smallest absolute Gasteiger partial charge is 0.323 e. The molecule has 1 aromatic carbocycles. The van der Waals surface area contributed by atoms with E-state index in [2.05, 4.69) is 20.0 Å². The predicted molar refractivity (Wildman–Crippen MR) is 97.0 cm³/mol. The maximum atomic E-state index is 11.6. The van der Waals surface area contributed by atoms with Crippen LogP contribution < -0.4 is 26.8 Å². The van der Waals surface area contributed by atoms with E-state index in [1.165, 1.54) is 0 Å². The molecule has 2 aliphatic rings. The molecule has 0 radical (unpaired) electrons. The molecule has 0 amide bonds. The van der Waals surface area contributed by atoms with E-state index in [9.17, 15) is 4.79 Å². The van der Waals surface area contributed by atoms with Gasteiger partial charge in [0.05, 0.1) is 23.8 Å². The van der Waals surface area contributed by atoms with Gasteiger partial charge in [-0.25, -0.2) is 9.79 Å². The van der Waals surface area contributed by atoms with Gasteiger partial charge in [-0.1, -0.05) is 6.42 Å². The maximum Gasteiger partial charge on any atom is 0.323 e. The van der Waals surface area contributed by atoms with Crippen molar-refractivity contribution in [2.24, 2.45) is 21.5 Å². The number of guanidine groups is 2. The molecular weight excluding hydrogens is 322 g/mol. The number of methoxy groups -OCH3 is 1. The lowest BCUT2D eigenvalue weighted by molar-refractivity contribution is 0.303. The fraction of sp³-hybridized carbons (Fsp3) is 0.438. The standard InChI is InChI=1S/C16H21N7O2/c1-25-12-8-10-9(19-15(24)20-10)7-11(12)23-14(18)21-13(17)22-16(23)5-3-2-4-6-16/h7-8H,2-6H2,1H3,(H2,19,20,24)(H4,17,18,21,22). The highest BCUT2D eigenvalue weighted by Crippen LogP contribution is 2.43. The molecule has 1 spiro atoms. The van der Waals surface area contributed by atoms with Crippen molar-refractivity contribution in [3.05, 3.63) is 22.6 Å². The summed E-state index contributed by atoms with van der Waals surface area (Å²) in [6, 6.07) is 3.61.